The molecule has 17 heavy (non-hydrogen) atoms. The Bertz CT molecular complexity index is 298. The van der Waals surface area contributed by atoms with Crippen LogP contribution in [0.15, 0.2) is 0 Å². The van der Waals surface area contributed by atoms with E-state index >= 15 is 0 Å². The van der Waals surface area contributed by atoms with Crippen LogP contribution in [0.5, 0.6) is 0 Å². The lowest BCUT2D eigenvalue weighted by molar-refractivity contribution is 0.107. The normalized spacial score (nSPS) is 28.9. The number of nitrogens with zero attached hydrogens (tertiary/aromatic N) is 2. The fourth-order valence-electron chi connectivity index (χ4n) is 2.41. The van der Waals surface area contributed by atoms with Crippen molar-refractivity contribution in [3.8, 4) is 6.07 Å². The Balaban J connectivity index is 1.74. The van der Waals surface area contributed by atoms with Crippen LogP contribution in [-0.4, -0.2) is 49.3 Å². The average Bonchev–Trinajstić information content (AvgIpc) is 3.02. The van der Waals surface area contributed by atoms with Crippen LogP contribution in [0.1, 0.15) is 32.6 Å². The van der Waals surface area contributed by atoms with Gasteiger partial charge in [0.05, 0.1) is 12.2 Å². The summed E-state index contributed by atoms with van der Waals surface area (Å²) in [6.45, 7) is 5.13. The zero-order chi connectivity index (χ0) is 12.3. The number of rotatable bonds is 6. The molecule has 0 spiro atoms. The minimum absolute atomic E-state index is 0.355. The molecule has 1 saturated heterocycles. The predicted octanol–water partition coefficient (Wildman–Crippen LogP) is 1.13. The maximum Gasteiger partial charge on any atom is 0.105 e. The van der Waals surface area contributed by atoms with Crippen molar-refractivity contribution < 1.29 is 4.74 Å². The van der Waals surface area contributed by atoms with Crippen molar-refractivity contribution in [1.29, 1.82) is 5.26 Å². The summed E-state index contributed by atoms with van der Waals surface area (Å²) in [6, 6.07) is 3.02. The van der Waals surface area contributed by atoms with Crippen LogP contribution in [0.4, 0.5) is 0 Å². The minimum atomic E-state index is -0.355. The molecule has 0 amide bonds. The number of hydrogen-bond acceptors (Lipinski definition) is 4. The van der Waals surface area contributed by atoms with Crippen molar-refractivity contribution in [3.63, 3.8) is 0 Å². The van der Waals surface area contributed by atoms with Crippen molar-refractivity contribution in [2.75, 3.05) is 26.7 Å². The minimum Gasteiger partial charge on any atom is -0.380 e. The first kappa shape index (κ1) is 12.8. The largest absolute Gasteiger partial charge is 0.380 e. The molecule has 2 fully saturated rings. The third-order valence-electron chi connectivity index (χ3n) is 3.84. The first-order valence-electron chi connectivity index (χ1n) is 6.59. The molecule has 2 atom stereocenters. The van der Waals surface area contributed by atoms with Crippen LogP contribution < -0.4 is 5.32 Å². The molecule has 1 aliphatic heterocycles. The second-order valence-corrected chi connectivity index (χ2v) is 5.56. The summed E-state index contributed by atoms with van der Waals surface area (Å²) in [7, 11) is 1.78. The number of methoxy groups -OCH3 is 1. The Kier molecular flexibility index (Phi) is 4.03. The van der Waals surface area contributed by atoms with Crippen molar-refractivity contribution >= 4 is 0 Å². The number of nitriles is 1. The number of likely N-dealkylation sites (tertiary alicyclic amines) is 1. The molecule has 1 N–H and O–H groups in total. The number of nitrogens with one attached hydrogen (secondary N) is 1. The van der Waals surface area contributed by atoms with Gasteiger partial charge in [-0.2, -0.15) is 5.26 Å². The Labute approximate surface area is 104 Å². The second kappa shape index (κ2) is 5.34. The molecule has 0 bridgehead atoms. The fourth-order valence-corrected chi connectivity index (χ4v) is 2.41. The van der Waals surface area contributed by atoms with Crippen molar-refractivity contribution in [2.45, 2.75) is 50.3 Å². The molecule has 1 aliphatic carbocycles. The van der Waals surface area contributed by atoms with Gasteiger partial charge in [0.2, 0.25) is 0 Å². The zero-order valence-electron chi connectivity index (χ0n) is 10.9. The molecule has 1 saturated carbocycles. The van der Waals surface area contributed by atoms with Crippen LogP contribution in [-0.2, 0) is 4.74 Å². The molecule has 0 aromatic rings. The Morgan fingerprint density at radius 1 is 1.47 bits per heavy atom. The van der Waals surface area contributed by atoms with E-state index in [1.807, 2.05) is 6.92 Å². The summed E-state index contributed by atoms with van der Waals surface area (Å²) in [6.07, 6.45) is 4.87. The first-order chi connectivity index (χ1) is 8.15. The van der Waals surface area contributed by atoms with Gasteiger partial charge in [-0.15, -0.1) is 0 Å². The summed E-state index contributed by atoms with van der Waals surface area (Å²) in [4.78, 5) is 2.40. The standard InChI is InChI=1S/C13H23N3O/c1-13(10-14,15-11-3-4-11)6-8-16-7-5-12(9-16)17-2/h11-12,15H,3-9H2,1-2H3. The van der Waals surface area contributed by atoms with E-state index in [9.17, 15) is 5.26 Å². The quantitative estimate of drug-likeness (QED) is 0.752. The molecule has 1 heterocycles. The Hall–Kier alpha value is -0.630. The highest BCUT2D eigenvalue weighted by Crippen LogP contribution is 2.24. The third-order valence-corrected chi connectivity index (χ3v) is 3.84. The van der Waals surface area contributed by atoms with Gasteiger partial charge in [-0.1, -0.05) is 0 Å². The predicted molar refractivity (Wildman–Crippen MR) is 66.6 cm³/mol. The van der Waals surface area contributed by atoms with Crippen LogP contribution in [0.3, 0.4) is 0 Å². The molecular weight excluding hydrogens is 214 g/mol. The van der Waals surface area contributed by atoms with Crippen molar-refractivity contribution in [2.24, 2.45) is 0 Å². The average molecular weight is 237 g/mol. The van der Waals surface area contributed by atoms with E-state index in [1.54, 1.807) is 7.11 Å². The van der Waals surface area contributed by atoms with E-state index in [0.717, 1.165) is 32.5 Å². The SMILES string of the molecule is COC1CCN(CCC(C)(C#N)NC2CC2)C1. The fraction of sp³-hybridized carbons (Fsp3) is 0.923. The molecule has 2 aliphatic rings. The number of ether oxygens (including phenoxy) is 1. The molecule has 2 unspecified atom stereocenters. The summed E-state index contributed by atoms with van der Waals surface area (Å²) in [5.74, 6) is 0. The lowest BCUT2D eigenvalue weighted by Crippen LogP contribution is -2.44. The van der Waals surface area contributed by atoms with Crippen LogP contribution in [0, 0.1) is 11.3 Å². The van der Waals surface area contributed by atoms with E-state index in [2.05, 4.69) is 16.3 Å². The molecular formula is C13H23N3O. The van der Waals surface area contributed by atoms with Gasteiger partial charge in [0.25, 0.3) is 0 Å². The van der Waals surface area contributed by atoms with E-state index in [1.165, 1.54) is 12.8 Å². The molecule has 0 radical (unpaired) electrons. The highest BCUT2D eigenvalue weighted by molar-refractivity contribution is 5.07. The molecule has 96 valence electrons. The van der Waals surface area contributed by atoms with Crippen LogP contribution in [0.25, 0.3) is 0 Å². The maximum atomic E-state index is 9.28. The van der Waals surface area contributed by atoms with E-state index in [-0.39, 0.29) is 5.54 Å². The zero-order valence-corrected chi connectivity index (χ0v) is 10.9. The molecule has 0 aromatic carbocycles. The number of hydrogen-bond donors (Lipinski definition) is 1. The summed E-state index contributed by atoms with van der Waals surface area (Å²) < 4.78 is 5.35. The van der Waals surface area contributed by atoms with Gasteiger partial charge in [-0.25, -0.2) is 0 Å². The third kappa shape index (κ3) is 3.67. The van der Waals surface area contributed by atoms with Crippen LogP contribution >= 0.6 is 0 Å². The Morgan fingerprint density at radius 3 is 2.76 bits per heavy atom. The monoisotopic (exact) mass is 237 g/mol. The van der Waals surface area contributed by atoms with Gasteiger partial charge in [0.1, 0.15) is 5.54 Å². The smallest absolute Gasteiger partial charge is 0.105 e. The lowest BCUT2D eigenvalue weighted by Gasteiger charge is -2.26. The van der Waals surface area contributed by atoms with E-state index < -0.39 is 0 Å². The molecule has 2 rings (SSSR count). The van der Waals surface area contributed by atoms with Crippen LogP contribution in [0.2, 0.25) is 0 Å². The lowest BCUT2D eigenvalue weighted by atomic mass is 9.99. The molecule has 4 nitrogen and oxygen atoms in total. The Morgan fingerprint density at radius 2 is 2.24 bits per heavy atom. The van der Waals surface area contributed by atoms with Crippen molar-refractivity contribution in [1.82, 2.24) is 10.2 Å². The van der Waals surface area contributed by atoms with E-state index in [4.69, 9.17) is 4.74 Å². The van der Waals surface area contributed by atoms with Gasteiger partial charge in [-0.3, -0.25) is 5.32 Å². The van der Waals surface area contributed by atoms with Gasteiger partial charge in [-0.05, 0) is 32.6 Å². The highest BCUT2D eigenvalue weighted by atomic mass is 16.5. The first-order valence-corrected chi connectivity index (χ1v) is 6.59. The molecule has 4 heteroatoms. The topological polar surface area (TPSA) is 48.3 Å². The summed E-state index contributed by atoms with van der Waals surface area (Å²) in [5.41, 5.74) is -0.355. The summed E-state index contributed by atoms with van der Waals surface area (Å²) >= 11 is 0. The van der Waals surface area contributed by atoms with Gasteiger partial charge >= 0.3 is 0 Å². The van der Waals surface area contributed by atoms with Gasteiger partial charge in [0.15, 0.2) is 0 Å². The summed E-state index contributed by atoms with van der Waals surface area (Å²) in [5, 5.41) is 12.7. The van der Waals surface area contributed by atoms with Crippen molar-refractivity contribution in [3.05, 3.63) is 0 Å². The van der Waals surface area contributed by atoms with E-state index in [0.29, 0.717) is 12.1 Å². The second-order valence-electron chi connectivity index (χ2n) is 5.56. The van der Waals surface area contributed by atoms with Gasteiger partial charge < -0.3 is 9.64 Å². The molecule has 0 aromatic heterocycles. The highest BCUT2D eigenvalue weighted by Gasteiger charge is 2.33. The maximum absolute atomic E-state index is 9.28. The van der Waals surface area contributed by atoms with Gasteiger partial charge in [0, 0.05) is 32.8 Å².